The molecule has 6 heteroatoms. The number of hydrogen-bond acceptors (Lipinski definition) is 5. The van der Waals surface area contributed by atoms with E-state index in [-0.39, 0.29) is 5.69 Å². The minimum absolute atomic E-state index is 0.0776. The Morgan fingerprint density at radius 2 is 1.27 bits per heavy atom. The summed E-state index contributed by atoms with van der Waals surface area (Å²) in [5, 5.41) is 10.8. The molecule has 0 saturated heterocycles. The Bertz CT molecular complexity index is 1490. The molecule has 40 heavy (non-hydrogen) atoms. The molecular formula is C34H35N3O3. The van der Waals surface area contributed by atoms with Crippen molar-refractivity contribution < 1.29 is 9.66 Å². The fourth-order valence-electron chi connectivity index (χ4n) is 4.29. The van der Waals surface area contributed by atoms with Crippen molar-refractivity contribution in [3.63, 3.8) is 0 Å². The van der Waals surface area contributed by atoms with Gasteiger partial charge in [-0.2, -0.15) is 0 Å². The van der Waals surface area contributed by atoms with Crippen LogP contribution in [0.1, 0.15) is 66.2 Å². The first-order valence-electron chi connectivity index (χ1n) is 13.7. The Kier molecular flexibility index (Phi) is 9.94. The third-order valence-corrected chi connectivity index (χ3v) is 6.69. The molecule has 0 bridgehead atoms. The maximum absolute atomic E-state index is 10.8. The molecule has 0 saturated carbocycles. The van der Waals surface area contributed by atoms with Crippen LogP contribution in [0.3, 0.4) is 0 Å². The summed E-state index contributed by atoms with van der Waals surface area (Å²) < 4.78 is 5.84. The van der Waals surface area contributed by atoms with E-state index in [1.807, 2.05) is 49.7 Å². The standard InChI is InChI=1S/C34H35N3O3/c1-4-5-6-7-20-40-32-16-10-28(11-17-32)13-19-34-26(3)22-30(24-36-34)29-21-25(2)33(35-23-29)18-12-27-8-14-31(15-9-27)37(38)39/h8-19,21-24H,4-7,20H2,1-3H3/b18-12+,19-13+. The molecule has 0 aliphatic heterocycles. The van der Waals surface area contributed by atoms with Crippen molar-refractivity contribution in [2.24, 2.45) is 0 Å². The molecular weight excluding hydrogens is 498 g/mol. The van der Waals surface area contributed by atoms with Gasteiger partial charge >= 0.3 is 0 Å². The molecule has 204 valence electrons. The minimum Gasteiger partial charge on any atom is -0.494 e. The topological polar surface area (TPSA) is 78.2 Å². The Hall–Kier alpha value is -4.58. The van der Waals surface area contributed by atoms with Crippen molar-refractivity contribution in [2.75, 3.05) is 6.61 Å². The van der Waals surface area contributed by atoms with Crippen LogP contribution < -0.4 is 4.74 Å². The molecule has 4 rings (SSSR count). The first kappa shape index (κ1) is 28.4. The zero-order chi connectivity index (χ0) is 28.3. The average Bonchev–Trinajstić information content (AvgIpc) is 2.96. The second-order valence-corrected chi connectivity index (χ2v) is 9.85. The van der Waals surface area contributed by atoms with Gasteiger partial charge in [-0.15, -0.1) is 0 Å². The number of non-ortho nitro benzene ring substituents is 1. The van der Waals surface area contributed by atoms with Crippen LogP contribution in [-0.2, 0) is 0 Å². The zero-order valence-corrected chi connectivity index (χ0v) is 23.3. The predicted octanol–water partition coefficient (Wildman–Crippen LogP) is 8.97. The molecule has 0 radical (unpaired) electrons. The van der Waals surface area contributed by atoms with Crippen LogP contribution in [0.5, 0.6) is 5.75 Å². The summed E-state index contributed by atoms with van der Waals surface area (Å²) in [5.41, 5.74) is 7.95. The number of nitro benzene ring substituents is 1. The van der Waals surface area contributed by atoms with E-state index in [4.69, 9.17) is 9.72 Å². The number of benzene rings is 2. The summed E-state index contributed by atoms with van der Waals surface area (Å²) in [6.07, 6.45) is 16.5. The summed E-state index contributed by atoms with van der Waals surface area (Å²) in [6, 6.07) is 18.8. The van der Waals surface area contributed by atoms with Gasteiger partial charge in [0.1, 0.15) is 5.75 Å². The van der Waals surface area contributed by atoms with Crippen molar-refractivity contribution in [3.05, 3.63) is 117 Å². The van der Waals surface area contributed by atoms with E-state index in [2.05, 4.69) is 49.2 Å². The smallest absolute Gasteiger partial charge is 0.269 e. The predicted molar refractivity (Wildman–Crippen MR) is 164 cm³/mol. The van der Waals surface area contributed by atoms with Gasteiger partial charge in [0.05, 0.1) is 22.9 Å². The first-order chi connectivity index (χ1) is 19.4. The summed E-state index contributed by atoms with van der Waals surface area (Å²) in [4.78, 5) is 19.8. The normalized spacial score (nSPS) is 11.4. The van der Waals surface area contributed by atoms with Crippen molar-refractivity contribution in [1.29, 1.82) is 0 Å². The second kappa shape index (κ2) is 14.0. The number of pyridine rings is 2. The van der Waals surface area contributed by atoms with E-state index < -0.39 is 4.92 Å². The molecule has 0 aliphatic rings. The van der Waals surface area contributed by atoms with Crippen LogP contribution >= 0.6 is 0 Å². The molecule has 0 N–H and O–H groups in total. The molecule has 2 aromatic carbocycles. The molecule has 0 spiro atoms. The van der Waals surface area contributed by atoms with Gasteiger partial charge in [0.2, 0.25) is 0 Å². The van der Waals surface area contributed by atoms with Crippen molar-refractivity contribution in [2.45, 2.75) is 46.5 Å². The van der Waals surface area contributed by atoms with Crippen LogP contribution in [-0.4, -0.2) is 21.5 Å². The molecule has 0 fully saturated rings. The van der Waals surface area contributed by atoms with Crippen molar-refractivity contribution >= 4 is 30.0 Å². The highest BCUT2D eigenvalue weighted by molar-refractivity contribution is 5.74. The van der Waals surface area contributed by atoms with E-state index in [0.29, 0.717) is 0 Å². The highest BCUT2D eigenvalue weighted by Gasteiger charge is 2.06. The summed E-state index contributed by atoms with van der Waals surface area (Å²) in [7, 11) is 0. The SMILES string of the molecule is CCCCCCOc1ccc(/C=C/c2ncc(-c3cnc(/C=C/c4ccc([N+](=O)[O-])cc4)c(C)c3)cc2C)cc1. The van der Waals surface area contributed by atoms with Crippen LogP contribution in [0.15, 0.2) is 73.1 Å². The Labute approximate surface area is 236 Å². The number of aryl methyl sites for hydroxylation is 2. The Morgan fingerprint density at radius 3 is 1.75 bits per heavy atom. The van der Waals surface area contributed by atoms with Gasteiger partial charge in [-0.3, -0.25) is 20.1 Å². The molecule has 0 aliphatic carbocycles. The number of hydrogen-bond donors (Lipinski definition) is 0. The zero-order valence-electron chi connectivity index (χ0n) is 23.3. The van der Waals surface area contributed by atoms with Gasteiger partial charge in [0.25, 0.3) is 5.69 Å². The lowest BCUT2D eigenvalue weighted by atomic mass is 10.0. The number of ether oxygens (including phenoxy) is 1. The van der Waals surface area contributed by atoms with Crippen molar-refractivity contribution in [3.8, 4) is 16.9 Å². The third kappa shape index (κ3) is 7.96. The molecule has 0 unspecified atom stereocenters. The monoisotopic (exact) mass is 533 g/mol. The highest BCUT2D eigenvalue weighted by Crippen LogP contribution is 2.24. The van der Waals surface area contributed by atoms with Gasteiger partial charge < -0.3 is 4.74 Å². The maximum atomic E-state index is 10.8. The van der Waals surface area contributed by atoms with E-state index in [1.54, 1.807) is 12.1 Å². The van der Waals surface area contributed by atoms with E-state index in [9.17, 15) is 10.1 Å². The number of nitro groups is 1. The van der Waals surface area contributed by atoms with E-state index in [0.717, 1.165) is 63.5 Å². The fourth-order valence-corrected chi connectivity index (χ4v) is 4.29. The molecule has 0 atom stereocenters. The molecule has 2 aromatic heterocycles. The number of rotatable bonds is 12. The Morgan fingerprint density at radius 1 is 0.750 bits per heavy atom. The fraction of sp³-hybridized carbons (Fsp3) is 0.235. The molecule has 0 amide bonds. The number of aromatic nitrogens is 2. The molecule has 2 heterocycles. The van der Waals surface area contributed by atoms with Crippen LogP contribution in [0.4, 0.5) is 5.69 Å². The number of nitrogens with zero attached hydrogens (tertiary/aromatic N) is 3. The minimum atomic E-state index is -0.400. The summed E-state index contributed by atoms with van der Waals surface area (Å²) >= 11 is 0. The average molecular weight is 534 g/mol. The quantitative estimate of drug-likeness (QED) is 0.103. The molecule has 4 aromatic rings. The van der Waals surface area contributed by atoms with Crippen LogP contribution in [0.2, 0.25) is 0 Å². The lowest BCUT2D eigenvalue weighted by Crippen LogP contribution is -1.96. The van der Waals surface area contributed by atoms with Crippen molar-refractivity contribution in [1.82, 2.24) is 9.97 Å². The Balaban J connectivity index is 1.38. The third-order valence-electron chi connectivity index (χ3n) is 6.69. The summed E-state index contributed by atoms with van der Waals surface area (Å²) in [5.74, 6) is 0.907. The second-order valence-electron chi connectivity index (χ2n) is 9.85. The first-order valence-corrected chi connectivity index (χ1v) is 13.7. The maximum Gasteiger partial charge on any atom is 0.269 e. The summed E-state index contributed by atoms with van der Waals surface area (Å²) in [6.45, 7) is 7.06. The van der Waals surface area contributed by atoms with Crippen LogP contribution in [0, 0.1) is 24.0 Å². The lowest BCUT2D eigenvalue weighted by molar-refractivity contribution is -0.384. The largest absolute Gasteiger partial charge is 0.494 e. The lowest BCUT2D eigenvalue weighted by Gasteiger charge is -2.08. The highest BCUT2D eigenvalue weighted by atomic mass is 16.6. The number of unbranched alkanes of at least 4 members (excludes halogenated alkanes) is 3. The van der Waals surface area contributed by atoms with Gasteiger partial charge in [-0.05, 0) is 91.1 Å². The van der Waals surface area contributed by atoms with E-state index >= 15 is 0 Å². The van der Waals surface area contributed by atoms with Gasteiger partial charge in [0.15, 0.2) is 0 Å². The van der Waals surface area contributed by atoms with Gasteiger partial charge in [-0.1, -0.05) is 50.5 Å². The molecule has 6 nitrogen and oxygen atoms in total. The van der Waals surface area contributed by atoms with Crippen LogP contribution in [0.25, 0.3) is 35.4 Å². The van der Waals surface area contributed by atoms with Gasteiger partial charge in [-0.25, -0.2) is 0 Å². The van der Waals surface area contributed by atoms with E-state index in [1.165, 1.54) is 31.4 Å². The van der Waals surface area contributed by atoms with Gasteiger partial charge in [0, 0.05) is 35.7 Å².